The van der Waals surface area contributed by atoms with E-state index in [4.69, 9.17) is 15.4 Å². The van der Waals surface area contributed by atoms with E-state index >= 15 is 0 Å². The van der Waals surface area contributed by atoms with E-state index in [1.165, 1.54) is 24.3 Å². The third-order valence-electron chi connectivity index (χ3n) is 3.11. The molecule has 0 fully saturated rings. The molecule has 0 radical (unpaired) electrons. The van der Waals surface area contributed by atoms with Gasteiger partial charge in [-0.05, 0) is 36.1 Å². The fourth-order valence-corrected chi connectivity index (χ4v) is 2.43. The predicted molar refractivity (Wildman–Crippen MR) is 82.1 cm³/mol. The molecule has 118 valence electrons. The summed E-state index contributed by atoms with van der Waals surface area (Å²) in [5.74, 6) is -0.251. The molecule has 0 aliphatic rings. The Kier molecular flexibility index (Phi) is 6.19. The predicted octanol–water partition coefficient (Wildman–Crippen LogP) is 2.41. The standard InChI is InChI=1S/C14H20ClNO4S/c1-14(2,8-9-20-3)10-16-13(17)11-4-6-12(7-5-11)21(15,18)19/h4-7H,8-10H2,1-3H3,(H,16,17). The molecule has 0 aromatic heterocycles. The van der Waals surface area contributed by atoms with E-state index in [0.29, 0.717) is 18.7 Å². The molecule has 5 nitrogen and oxygen atoms in total. The van der Waals surface area contributed by atoms with Crippen LogP contribution in [0.5, 0.6) is 0 Å². The first-order chi connectivity index (χ1) is 9.65. The van der Waals surface area contributed by atoms with Crippen LogP contribution < -0.4 is 5.32 Å². The molecule has 1 aromatic rings. The molecular weight excluding hydrogens is 314 g/mol. The Morgan fingerprint density at radius 3 is 2.33 bits per heavy atom. The van der Waals surface area contributed by atoms with Crippen molar-refractivity contribution in [3.05, 3.63) is 29.8 Å². The van der Waals surface area contributed by atoms with E-state index < -0.39 is 9.05 Å². The molecular formula is C14H20ClNO4S. The summed E-state index contributed by atoms with van der Waals surface area (Å²) in [5.41, 5.74) is 0.312. The molecule has 0 saturated carbocycles. The van der Waals surface area contributed by atoms with Crippen molar-refractivity contribution in [1.82, 2.24) is 5.32 Å². The van der Waals surface area contributed by atoms with Gasteiger partial charge in [-0.3, -0.25) is 4.79 Å². The van der Waals surface area contributed by atoms with E-state index in [2.05, 4.69) is 5.32 Å². The minimum Gasteiger partial charge on any atom is -0.385 e. The first kappa shape index (κ1) is 17.9. The fourth-order valence-electron chi connectivity index (χ4n) is 1.66. The summed E-state index contributed by atoms with van der Waals surface area (Å²) in [6.07, 6.45) is 0.827. The lowest BCUT2D eigenvalue weighted by atomic mass is 9.89. The second-order valence-corrected chi connectivity index (χ2v) is 8.12. The molecule has 21 heavy (non-hydrogen) atoms. The normalized spacial score (nSPS) is 12.2. The molecule has 0 heterocycles. The lowest BCUT2D eigenvalue weighted by Gasteiger charge is -2.24. The highest BCUT2D eigenvalue weighted by molar-refractivity contribution is 8.13. The van der Waals surface area contributed by atoms with Crippen molar-refractivity contribution in [2.24, 2.45) is 5.41 Å². The summed E-state index contributed by atoms with van der Waals surface area (Å²) in [7, 11) is 3.10. The SMILES string of the molecule is COCCC(C)(C)CNC(=O)c1ccc(S(=O)(=O)Cl)cc1. The van der Waals surface area contributed by atoms with Crippen LogP contribution in [-0.4, -0.2) is 34.6 Å². The Labute approximate surface area is 130 Å². The molecule has 0 bridgehead atoms. The zero-order valence-electron chi connectivity index (χ0n) is 12.3. The number of hydrogen-bond donors (Lipinski definition) is 1. The quantitative estimate of drug-likeness (QED) is 0.778. The van der Waals surface area contributed by atoms with Crippen LogP contribution >= 0.6 is 10.7 Å². The molecule has 0 atom stereocenters. The zero-order valence-corrected chi connectivity index (χ0v) is 13.9. The van der Waals surface area contributed by atoms with Gasteiger partial charge < -0.3 is 10.1 Å². The van der Waals surface area contributed by atoms with Gasteiger partial charge in [-0.25, -0.2) is 8.42 Å². The number of rotatable bonds is 7. The van der Waals surface area contributed by atoms with Crippen molar-refractivity contribution in [1.29, 1.82) is 0 Å². The van der Waals surface area contributed by atoms with Crippen molar-refractivity contribution in [3.63, 3.8) is 0 Å². The summed E-state index contributed by atoms with van der Waals surface area (Å²) in [6, 6.07) is 5.50. The van der Waals surface area contributed by atoms with E-state index in [-0.39, 0.29) is 16.2 Å². The number of carbonyl (C=O) groups excluding carboxylic acids is 1. The monoisotopic (exact) mass is 333 g/mol. The van der Waals surface area contributed by atoms with Crippen LogP contribution in [0.15, 0.2) is 29.2 Å². The second kappa shape index (κ2) is 7.24. The maximum Gasteiger partial charge on any atom is 0.261 e. The molecule has 0 aliphatic carbocycles. The maximum atomic E-state index is 12.0. The van der Waals surface area contributed by atoms with Crippen molar-refractivity contribution in [2.75, 3.05) is 20.3 Å². The van der Waals surface area contributed by atoms with Crippen molar-refractivity contribution < 1.29 is 17.9 Å². The van der Waals surface area contributed by atoms with Crippen LogP contribution in [0, 0.1) is 5.41 Å². The minimum atomic E-state index is -3.76. The lowest BCUT2D eigenvalue weighted by molar-refractivity contribution is 0.0921. The molecule has 7 heteroatoms. The van der Waals surface area contributed by atoms with Gasteiger partial charge in [0.05, 0.1) is 4.90 Å². The highest BCUT2D eigenvalue weighted by atomic mass is 35.7. The number of benzene rings is 1. The van der Waals surface area contributed by atoms with E-state index in [1.54, 1.807) is 7.11 Å². The summed E-state index contributed by atoms with van der Waals surface area (Å²) in [4.78, 5) is 12.0. The third kappa shape index (κ3) is 6.03. The smallest absolute Gasteiger partial charge is 0.261 e. The Hall–Kier alpha value is -1.11. The number of carbonyl (C=O) groups is 1. The average molecular weight is 334 g/mol. The second-order valence-electron chi connectivity index (χ2n) is 5.55. The number of ether oxygens (including phenoxy) is 1. The van der Waals surface area contributed by atoms with Crippen LogP contribution in [-0.2, 0) is 13.8 Å². The zero-order chi connectivity index (χ0) is 16.1. The van der Waals surface area contributed by atoms with Crippen molar-refractivity contribution >= 4 is 25.6 Å². The maximum absolute atomic E-state index is 12.0. The van der Waals surface area contributed by atoms with Crippen LogP contribution in [0.2, 0.25) is 0 Å². The van der Waals surface area contributed by atoms with Crippen LogP contribution in [0.4, 0.5) is 0 Å². The fraction of sp³-hybridized carbons (Fsp3) is 0.500. The first-order valence-electron chi connectivity index (χ1n) is 6.47. The molecule has 0 spiro atoms. The van der Waals surface area contributed by atoms with Gasteiger partial charge in [0, 0.05) is 36.5 Å². The molecule has 1 rings (SSSR count). The van der Waals surface area contributed by atoms with E-state index in [1.807, 2.05) is 13.8 Å². The Morgan fingerprint density at radius 1 is 1.29 bits per heavy atom. The number of halogens is 1. The topological polar surface area (TPSA) is 72.5 Å². The molecule has 1 amide bonds. The first-order valence-corrected chi connectivity index (χ1v) is 8.78. The van der Waals surface area contributed by atoms with Gasteiger partial charge >= 0.3 is 0 Å². The van der Waals surface area contributed by atoms with Gasteiger partial charge in [-0.15, -0.1) is 0 Å². The Morgan fingerprint density at radius 2 is 1.86 bits per heavy atom. The largest absolute Gasteiger partial charge is 0.385 e. The summed E-state index contributed by atoms with van der Waals surface area (Å²) in [5, 5.41) is 2.83. The van der Waals surface area contributed by atoms with Crippen LogP contribution in [0.1, 0.15) is 30.6 Å². The highest BCUT2D eigenvalue weighted by Crippen LogP contribution is 2.19. The van der Waals surface area contributed by atoms with E-state index in [0.717, 1.165) is 6.42 Å². The van der Waals surface area contributed by atoms with Crippen molar-refractivity contribution in [2.45, 2.75) is 25.2 Å². The molecule has 1 N–H and O–H groups in total. The van der Waals surface area contributed by atoms with Gasteiger partial charge in [0.25, 0.3) is 15.0 Å². The molecule has 0 aliphatic heterocycles. The molecule has 1 aromatic carbocycles. The van der Waals surface area contributed by atoms with Gasteiger partial charge in [0.15, 0.2) is 0 Å². The Balaban J connectivity index is 2.64. The lowest BCUT2D eigenvalue weighted by Crippen LogP contribution is -2.34. The van der Waals surface area contributed by atoms with Gasteiger partial charge in [0.1, 0.15) is 0 Å². The molecule has 0 saturated heterocycles. The van der Waals surface area contributed by atoms with Gasteiger partial charge in [0.2, 0.25) is 0 Å². The average Bonchev–Trinajstić information content (AvgIpc) is 2.42. The number of methoxy groups -OCH3 is 1. The summed E-state index contributed by atoms with van der Waals surface area (Å²) < 4.78 is 27.3. The molecule has 0 unspecified atom stereocenters. The number of hydrogen-bond acceptors (Lipinski definition) is 4. The van der Waals surface area contributed by atoms with Gasteiger partial charge in [-0.1, -0.05) is 13.8 Å². The van der Waals surface area contributed by atoms with Crippen molar-refractivity contribution in [3.8, 4) is 0 Å². The Bertz CT molecular complexity index is 581. The number of nitrogens with one attached hydrogen (secondary N) is 1. The van der Waals surface area contributed by atoms with E-state index in [9.17, 15) is 13.2 Å². The summed E-state index contributed by atoms with van der Waals surface area (Å²) >= 11 is 0. The highest BCUT2D eigenvalue weighted by Gasteiger charge is 2.19. The van der Waals surface area contributed by atoms with Crippen LogP contribution in [0.25, 0.3) is 0 Å². The van der Waals surface area contributed by atoms with Crippen LogP contribution in [0.3, 0.4) is 0 Å². The number of amides is 1. The summed E-state index contributed by atoms with van der Waals surface area (Å²) in [6.45, 7) is 5.21. The third-order valence-corrected chi connectivity index (χ3v) is 4.48. The minimum absolute atomic E-state index is 0.0267. The van der Waals surface area contributed by atoms with Gasteiger partial charge in [-0.2, -0.15) is 0 Å².